The zero-order valence-electron chi connectivity index (χ0n) is 15.0. The molecule has 0 fully saturated rings. The average molecular weight is 348 g/mol. The maximum atomic E-state index is 12.3. The van der Waals surface area contributed by atoms with E-state index in [1.54, 1.807) is 4.90 Å². The predicted molar refractivity (Wildman–Crippen MR) is 98.1 cm³/mol. The molecule has 0 atom stereocenters. The van der Waals surface area contributed by atoms with Crippen molar-refractivity contribution in [2.45, 2.75) is 39.5 Å². The number of amides is 4. The number of nitrogens with one attached hydrogen (secondary N) is 2. The molecular weight excluding hydrogens is 320 g/mol. The van der Waals surface area contributed by atoms with Crippen LogP contribution in [0.15, 0.2) is 24.3 Å². The van der Waals surface area contributed by atoms with Crippen LogP contribution < -0.4 is 16.4 Å². The second-order valence-electron chi connectivity index (χ2n) is 5.93. The summed E-state index contributed by atoms with van der Waals surface area (Å²) in [5, 5.41) is 5.34. The minimum atomic E-state index is -0.563. The highest BCUT2D eigenvalue weighted by atomic mass is 16.2. The number of benzene rings is 1. The van der Waals surface area contributed by atoms with Gasteiger partial charge in [0.25, 0.3) is 0 Å². The third-order valence-corrected chi connectivity index (χ3v) is 3.72. The molecule has 0 bridgehead atoms. The van der Waals surface area contributed by atoms with Gasteiger partial charge in [-0.1, -0.05) is 25.1 Å². The van der Waals surface area contributed by atoms with Crippen molar-refractivity contribution in [1.29, 1.82) is 0 Å². The highest BCUT2D eigenvalue weighted by Gasteiger charge is 2.16. The van der Waals surface area contributed by atoms with Crippen LogP contribution in [0, 0.1) is 6.92 Å². The van der Waals surface area contributed by atoms with Gasteiger partial charge in [0.05, 0.1) is 6.54 Å². The second-order valence-corrected chi connectivity index (χ2v) is 5.93. The molecule has 138 valence electrons. The van der Waals surface area contributed by atoms with Crippen molar-refractivity contribution in [1.82, 2.24) is 10.2 Å². The van der Waals surface area contributed by atoms with Gasteiger partial charge < -0.3 is 21.3 Å². The van der Waals surface area contributed by atoms with Gasteiger partial charge in [0, 0.05) is 25.2 Å². The number of nitrogens with zero attached hydrogens (tertiary/aromatic N) is 1. The first kappa shape index (κ1) is 20.5. The number of hydrogen-bond donors (Lipinski definition) is 3. The van der Waals surface area contributed by atoms with Gasteiger partial charge in [-0.05, 0) is 37.8 Å². The number of primary amides is 1. The zero-order chi connectivity index (χ0) is 18.7. The molecule has 0 aromatic heterocycles. The second kappa shape index (κ2) is 11.1. The summed E-state index contributed by atoms with van der Waals surface area (Å²) in [4.78, 5) is 36.7. The Bertz CT molecular complexity index is 589. The van der Waals surface area contributed by atoms with Gasteiger partial charge in [0.2, 0.25) is 11.8 Å². The summed E-state index contributed by atoms with van der Waals surface area (Å²) >= 11 is 0. The van der Waals surface area contributed by atoms with Gasteiger partial charge in [-0.2, -0.15) is 0 Å². The van der Waals surface area contributed by atoms with Crippen molar-refractivity contribution in [2.24, 2.45) is 5.73 Å². The number of unbranched alkanes of at least 4 members (excludes halogenated alkanes) is 1. The van der Waals surface area contributed by atoms with Gasteiger partial charge in [-0.15, -0.1) is 0 Å². The fourth-order valence-corrected chi connectivity index (χ4v) is 2.41. The molecule has 1 rings (SSSR count). The first-order chi connectivity index (χ1) is 11.9. The first-order valence-corrected chi connectivity index (χ1v) is 8.60. The van der Waals surface area contributed by atoms with E-state index in [1.165, 1.54) is 0 Å². The molecule has 0 aliphatic carbocycles. The summed E-state index contributed by atoms with van der Waals surface area (Å²) in [5.41, 5.74) is 6.72. The zero-order valence-corrected chi connectivity index (χ0v) is 15.0. The van der Waals surface area contributed by atoms with Crippen LogP contribution >= 0.6 is 0 Å². The molecule has 0 aliphatic heterocycles. The predicted octanol–water partition coefficient (Wildman–Crippen LogP) is 2.01. The Balaban J connectivity index is 2.46. The lowest BCUT2D eigenvalue weighted by Gasteiger charge is -2.22. The van der Waals surface area contributed by atoms with E-state index in [-0.39, 0.29) is 18.4 Å². The van der Waals surface area contributed by atoms with Crippen LogP contribution in [0.2, 0.25) is 0 Å². The van der Waals surface area contributed by atoms with Crippen molar-refractivity contribution >= 4 is 23.5 Å². The Morgan fingerprint density at radius 2 is 1.88 bits per heavy atom. The molecular formula is C18H28N4O3. The lowest BCUT2D eigenvalue weighted by molar-refractivity contribution is -0.134. The monoisotopic (exact) mass is 348 g/mol. The molecule has 0 radical (unpaired) electrons. The van der Waals surface area contributed by atoms with E-state index in [1.807, 2.05) is 38.1 Å². The van der Waals surface area contributed by atoms with Crippen LogP contribution in [0.1, 0.15) is 38.2 Å². The molecule has 0 spiro atoms. The summed E-state index contributed by atoms with van der Waals surface area (Å²) < 4.78 is 0. The lowest BCUT2D eigenvalue weighted by atomic mass is 10.2. The molecule has 1 aromatic rings. The van der Waals surface area contributed by atoms with Gasteiger partial charge in [-0.3, -0.25) is 9.59 Å². The fraction of sp³-hybridized carbons (Fsp3) is 0.500. The van der Waals surface area contributed by atoms with E-state index < -0.39 is 6.03 Å². The Hall–Kier alpha value is -2.57. The number of carbonyl (C=O) groups excluding carboxylic acids is 3. The molecule has 0 heterocycles. The number of carbonyl (C=O) groups is 3. The normalized spacial score (nSPS) is 10.2. The van der Waals surface area contributed by atoms with E-state index >= 15 is 0 Å². The lowest BCUT2D eigenvalue weighted by Crippen LogP contribution is -2.38. The summed E-state index contributed by atoms with van der Waals surface area (Å²) in [6.07, 6.45) is 2.44. The third-order valence-electron chi connectivity index (χ3n) is 3.72. The number of aryl methyl sites for hydroxylation is 1. The number of nitrogens with two attached hydrogens (primary N) is 1. The fourth-order valence-electron chi connectivity index (χ4n) is 2.41. The summed E-state index contributed by atoms with van der Waals surface area (Å²) in [6.45, 7) is 4.92. The van der Waals surface area contributed by atoms with Crippen LogP contribution in [0.3, 0.4) is 0 Å². The molecule has 4 N–H and O–H groups in total. The maximum absolute atomic E-state index is 12.3. The van der Waals surface area contributed by atoms with Crippen LogP contribution in [0.4, 0.5) is 10.5 Å². The quantitative estimate of drug-likeness (QED) is 0.563. The number of rotatable bonds is 10. The Morgan fingerprint density at radius 1 is 1.16 bits per heavy atom. The van der Waals surface area contributed by atoms with Crippen molar-refractivity contribution in [3.8, 4) is 0 Å². The first-order valence-electron chi connectivity index (χ1n) is 8.60. The van der Waals surface area contributed by atoms with Crippen LogP contribution in [-0.4, -0.2) is 42.4 Å². The summed E-state index contributed by atoms with van der Waals surface area (Å²) in [5.74, 6) is -0.257. The van der Waals surface area contributed by atoms with Gasteiger partial charge in [0.1, 0.15) is 0 Å². The van der Waals surface area contributed by atoms with E-state index in [0.717, 1.165) is 17.7 Å². The maximum Gasteiger partial charge on any atom is 0.312 e. The number of hydrogen-bond acceptors (Lipinski definition) is 3. The van der Waals surface area contributed by atoms with Crippen LogP contribution in [0.25, 0.3) is 0 Å². The summed E-state index contributed by atoms with van der Waals surface area (Å²) in [7, 11) is 0. The molecule has 7 heteroatoms. The summed E-state index contributed by atoms with van der Waals surface area (Å²) in [6, 6.07) is 6.96. The van der Waals surface area contributed by atoms with Gasteiger partial charge in [-0.25, -0.2) is 4.79 Å². The molecule has 0 saturated carbocycles. The highest BCUT2D eigenvalue weighted by Crippen LogP contribution is 2.13. The Kier molecular flexibility index (Phi) is 9.06. The minimum Gasteiger partial charge on any atom is -0.352 e. The van der Waals surface area contributed by atoms with Gasteiger partial charge in [0.15, 0.2) is 0 Å². The minimum absolute atomic E-state index is 0.0422. The third kappa shape index (κ3) is 8.19. The van der Waals surface area contributed by atoms with E-state index in [4.69, 9.17) is 5.73 Å². The largest absolute Gasteiger partial charge is 0.352 e. The highest BCUT2D eigenvalue weighted by molar-refractivity contribution is 5.95. The van der Waals surface area contributed by atoms with Crippen LogP contribution in [0.5, 0.6) is 0 Å². The molecule has 0 saturated heterocycles. The molecule has 25 heavy (non-hydrogen) atoms. The number of para-hydroxylation sites is 1. The van der Waals surface area contributed by atoms with E-state index in [9.17, 15) is 14.4 Å². The smallest absolute Gasteiger partial charge is 0.312 e. The number of anilines is 1. The van der Waals surface area contributed by atoms with Crippen molar-refractivity contribution in [3.05, 3.63) is 29.8 Å². The standard InChI is InChI=1S/C18H28N4O3/c1-3-12-22(17(24)10-6-7-11-20-18(19)25)13-16(23)21-15-9-5-4-8-14(15)2/h4-5,8-9H,3,6-7,10-13H2,1-2H3,(H,21,23)(H3,19,20,25). The average Bonchev–Trinajstić information content (AvgIpc) is 2.56. The Labute approximate surface area is 148 Å². The molecule has 0 unspecified atom stereocenters. The number of urea groups is 1. The Morgan fingerprint density at radius 3 is 2.52 bits per heavy atom. The molecule has 4 amide bonds. The van der Waals surface area contributed by atoms with Gasteiger partial charge >= 0.3 is 6.03 Å². The topological polar surface area (TPSA) is 105 Å². The SMILES string of the molecule is CCCN(CC(=O)Nc1ccccc1C)C(=O)CCCCNC(N)=O. The van der Waals surface area contributed by atoms with E-state index in [0.29, 0.717) is 32.4 Å². The molecule has 1 aromatic carbocycles. The van der Waals surface area contributed by atoms with Crippen molar-refractivity contribution in [3.63, 3.8) is 0 Å². The van der Waals surface area contributed by atoms with Crippen molar-refractivity contribution < 1.29 is 14.4 Å². The van der Waals surface area contributed by atoms with Crippen molar-refractivity contribution in [2.75, 3.05) is 25.0 Å². The molecule has 7 nitrogen and oxygen atoms in total. The van der Waals surface area contributed by atoms with E-state index in [2.05, 4.69) is 10.6 Å². The molecule has 0 aliphatic rings. The van der Waals surface area contributed by atoms with Crippen LogP contribution in [-0.2, 0) is 9.59 Å².